The van der Waals surface area contributed by atoms with Gasteiger partial charge in [0.05, 0.1) is 27.1 Å². The molecule has 0 bridgehead atoms. The van der Waals surface area contributed by atoms with Crippen molar-refractivity contribution in [2.24, 2.45) is 10.8 Å². The summed E-state index contributed by atoms with van der Waals surface area (Å²) >= 11 is 0. The molecule has 0 saturated heterocycles. The Kier molecular flexibility index (Phi) is 8.24. The van der Waals surface area contributed by atoms with Crippen LogP contribution in [0.5, 0.6) is 11.5 Å². The first kappa shape index (κ1) is 25.6. The highest BCUT2D eigenvalue weighted by atomic mass is 16.5. The highest BCUT2D eigenvalue weighted by molar-refractivity contribution is 5.79. The number of methoxy groups -OCH3 is 2. The Labute approximate surface area is 203 Å². The minimum absolute atomic E-state index is 0.00913. The third kappa shape index (κ3) is 7.51. The first-order chi connectivity index (χ1) is 16.1. The first-order valence-corrected chi connectivity index (χ1v) is 11.9. The molecular formula is C28H38N2O4. The largest absolute Gasteiger partial charge is 0.497 e. The van der Waals surface area contributed by atoms with Crippen molar-refractivity contribution in [2.75, 3.05) is 20.8 Å². The molecule has 0 aliphatic heterocycles. The predicted octanol–water partition coefficient (Wildman–Crippen LogP) is 4.31. The second kappa shape index (κ2) is 10.9. The number of ether oxygens (including phenoxy) is 2. The smallest absolute Gasteiger partial charge is 0.224 e. The molecule has 2 unspecified atom stereocenters. The van der Waals surface area contributed by atoms with Crippen LogP contribution in [0.1, 0.15) is 51.2 Å². The second-order valence-electron chi connectivity index (χ2n) is 10.7. The predicted molar refractivity (Wildman–Crippen MR) is 134 cm³/mol. The molecule has 0 radical (unpaired) electrons. The lowest BCUT2D eigenvalue weighted by Gasteiger charge is -2.47. The molecule has 6 heteroatoms. The molecule has 1 aliphatic carbocycles. The number of nitrogens with one attached hydrogen (secondary N) is 2. The van der Waals surface area contributed by atoms with E-state index in [4.69, 9.17) is 9.47 Å². The Morgan fingerprint density at radius 1 is 0.824 bits per heavy atom. The molecule has 0 aromatic heterocycles. The molecule has 2 aromatic carbocycles. The van der Waals surface area contributed by atoms with Crippen molar-refractivity contribution >= 4 is 11.8 Å². The summed E-state index contributed by atoms with van der Waals surface area (Å²) in [5.41, 5.74) is 1.90. The average molecular weight is 467 g/mol. The summed E-state index contributed by atoms with van der Waals surface area (Å²) in [6, 6.07) is 15.2. The second-order valence-corrected chi connectivity index (χ2v) is 10.7. The topological polar surface area (TPSA) is 76.7 Å². The minimum atomic E-state index is -0.0879. The van der Waals surface area contributed by atoms with Crippen LogP contribution in [0, 0.1) is 10.8 Å². The average Bonchev–Trinajstić information content (AvgIpc) is 2.77. The monoisotopic (exact) mass is 466 g/mol. The SMILES string of the molecule is COc1ccc(CC(=O)NCC2(C)CC(NC(=O)Cc3ccc(OC)cc3)CC(C)(C)C2)cc1. The third-order valence-corrected chi connectivity index (χ3v) is 6.57. The van der Waals surface area contributed by atoms with Gasteiger partial charge in [0.15, 0.2) is 0 Å². The molecule has 1 aliphatic rings. The van der Waals surface area contributed by atoms with E-state index in [0.717, 1.165) is 41.9 Å². The van der Waals surface area contributed by atoms with Gasteiger partial charge in [0.1, 0.15) is 11.5 Å². The van der Waals surface area contributed by atoms with Gasteiger partial charge in [0, 0.05) is 12.6 Å². The van der Waals surface area contributed by atoms with E-state index < -0.39 is 0 Å². The maximum atomic E-state index is 12.8. The summed E-state index contributed by atoms with van der Waals surface area (Å²) in [7, 11) is 3.26. The fourth-order valence-corrected chi connectivity index (χ4v) is 5.38. The molecule has 6 nitrogen and oxygen atoms in total. The zero-order valence-corrected chi connectivity index (χ0v) is 21.1. The van der Waals surface area contributed by atoms with Gasteiger partial charge in [-0.05, 0) is 65.5 Å². The number of benzene rings is 2. The molecule has 2 N–H and O–H groups in total. The summed E-state index contributed by atoms with van der Waals surface area (Å²) in [5, 5.41) is 6.39. The maximum Gasteiger partial charge on any atom is 0.224 e. The van der Waals surface area contributed by atoms with Crippen molar-refractivity contribution in [2.45, 2.75) is 58.9 Å². The molecule has 0 spiro atoms. The van der Waals surface area contributed by atoms with Crippen LogP contribution in [0.2, 0.25) is 0 Å². The summed E-state index contributed by atoms with van der Waals surface area (Å²) in [5.74, 6) is 1.60. The van der Waals surface area contributed by atoms with E-state index in [2.05, 4.69) is 31.4 Å². The maximum absolute atomic E-state index is 12.8. The summed E-state index contributed by atoms with van der Waals surface area (Å²) in [4.78, 5) is 25.4. The van der Waals surface area contributed by atoms with Crippen LogP contribution in [0.15, 0.2) is 48.5 Å². The summed E-state index contributed by atoms with van der Waals surface area (Å²) in [6.07, 6.45) is 3.44. The van der Waals surface area contributed by atoms with Crippen LogP contribution >= 0.6 is 0 Å². The van der Waals surface area contributed by atoms with E-state index in [1.807, 2.05) is 48.5 Å². The number of amides is 2. The number of carbonyl (C=O) groups is 2. The van der Waals surface area contributed by atoms with E-state index in [9.17, 15) is 9.59 Å². The lowest BCUT2D eigenvalue weighted by molar-refractivity contribution is -0.123. The quantitative estimate of drug-likeness (QED) is 0.578. The molecule has 34 heavy (non-hydrogen) atoms. The zero-order chi connectivity index (χ0) is 24.8. The fourth-order valence-electron chi connectivity index (χ4n) is 5.38. The Morgan fingerprint density at radius 2 is 1.32 bits per heavy atom. The van der Waals surface area contributed by atoms with Crippen LogP contribution < -0.4 is 20.1 Å². The first-order valence-electron chi connectivity index (χ1n) is 11.9. The van der Waals surface area contributed by atoms with Crippen molar-refractivity contribution < 1.29 is 19.1 Å². The van der Waals surface area contributed by atoms with Gasteiger partial charge in [-0.1, -0.05) is 45.0 Å². The van der Waals surface area contributed by atoms with Gasteiger partial charge in [0.2, 0.25) is 11.8 Å². The molecule has 2 atom stereocenters. The van der Waals surface area contributed by atoms with E-state index in [1.165, 1.54) is 0 Å². The van der Waals surface area contributed by atoms with Crippen LogP contribution in [-0.2, 0) is 22.4 Å². The molecule has 3 rings (SSSR count). The van der Waals surface area contributed by atoms with Gasteiger partial charge in [-0.3, -0.25) is 9.59 Å². The van der Waals surface area contributed by atoms with Gasteiger partial charge in [-0.15, -0.1) is 0 Å². The van der Waals surface area contributed by atoms with E-state index in [0.29, 0.717) is 19.4 Å². The van der Waals surface area contributed by atoms with E-state index >= 15 is 0 Å². The lowest BCUT2D eigenvalue weighted by atomic mass is 9.62. The molecule has 0 heterocycles. The van der Waals surface area contributed by atoms with Crippen LogP contribution in [0.3, 0.4) is 0 Å². The lowest BCUT2D eigenvalue weighted by Crippen LogP contribution is -2.50. The van der Waals surface area contributed by atoms with Crippen LogP contribution in [0.25, 0.3) is 0 Å². The summed E-state index contributed by atoms with van der Waals surface area (Å²) in [6.45, 7) is 7.29. The summed E-state index contributed by atoms with van der Waals surface area (Å²) < 4.78 is 10.4. The van der Waals surface area contributed by atoms with Crippen molar-refractivity contribution in [1.82, 2.24) is 10.6 Å². The fraction of sp³-hybridized carbons (Fsp3) is 0.500. The van der Waals surface area contributed by atoms with E-state index in [-0.39, 0.29) is 28.7 Å². The molecular weight excluding hydrogens is 428 g/mol. The Balaban J connectivity index is 1.54. The number of hydrogen-bond donors (Lipinski definition) is 2. The third-order valence-electron chi connectivity index (χ3n) is 6.57. The highest BCUT2D eigenvalue weighted by Crippen LogP contribution is 2.45. The molecule has 1 fully saturated rings. The highest BCUT2D eigenvalue weighted by Gasteiger charge is 2.41. The Morgan fingerprint density at radius 3 is 1.82 bits per heavy atom. The van der Waals surface area contributed by atoms with E-state index in [1.54, 1.807) is 14.2 Å². The Bertz CT molecular complexity index is 969. The molecule has 2 amide bonds. The molecule has 184 valence electrons. The normalized spacial score (nSPS) is 21.4. The molecule has 2 aromatic rings. The Hall–Kier alpha value is -3.02. The minimum Gasteiger partial charge on any atom is -0.497 e. The van der Waals surface area contributed by atoms with Crippen LogP contribution in [0.4, 0.5) is 0 Å². The van der Waals surface area contributed by atoms with Crippen molar-refractivity contribution in [3.05, 3.63) is 59.7 Å². The zero-order valence-electron chi connectivity index (χ0n) is 21.1. The van der Waals surface area contributed by atoms with Crippen LogP contribution in [-0.4, -0.2) is 38.6 Å². The van der Waals surface area contributed by atoms with Gasteiger partial charge in [-0.2, -0.15) is 0 Å². The van der Waals surface area contributed by atoms with Gasteiger partial charge in [0.25, 0.3) is 0 Å². The number of hydrogen-bond acceptors (Lipinski definition) is 4. The number of rotatable bonds is 9. The van der Waals surface area contributed by atoms with Crippen molar-refractivity contribution in [3.63, 3.8) is 0 Å². The van der Waals surface area contributed by atoms with Gasteiger partial charge < -0.3 is 20.1 Å². The standard InChI is InChI=1S/C28H38N2O4/c1-27(2)16-22(30-26(32)15-21-8-12-24(34-5)13-9-21)17-28(3,18-27)19-29-25(31)14-20-6-10-23(33-4)11-7-20/h6-13,22H,14-19H2,1-5H3,(H,29,31)(H,30,32). The molecule has 1 saturated carbocycles. The number of carbonyl (C=O) groups excluding carboxylic acids is 2. The van der Waals surface area contributed by atoms with Gasteiger partial charge in [-0.25, -0.2) is 0 Å². The van der Waals surface area contributed by atoms with Gasteiger partial charge >= 0.3 is 0 Å². The van der Waals surface area contributed by atoms with Crippen molar-refractivity contribution in [3.8, 4) is 11.5 Å². The van der Waals surface area contributed by atoms with Crippen molar-refractivity contribution in [1.29, 1.82) is 0 Å².